The highest BCUT2D eigenvalue weighted by Crippen LogP contribution is 2.46. The third kappa shape index (κ3) is 13.4. The number of carbonyl (C=O) groups is 7. The topological polar surface area (TPSA) is 193 Å². The van der Waals surface area contributed by atoms with E-state index in [9.17, 15) is 38.0 Å². The van der Waals surface area contributed by atoms with E-state index in [0.717, 1.165) is 50.1 Å². The molecule has 0 radical (unpaired) electrons. The van der Waals surface area contributed by atoms with Crippen molar-refractivity contribution >= 4 is 41.9 Å². The van der Waals surface area contributed by atoms with Crippen molar-refractivity contribution in [3.63, 3.8) is 0 Å². The lowest BCUT2D eigenvalue weighted by atomic mass is 9.98. The molecule has 77 heavy (non-hydrogen) atoms. The first-order valence-corrected chi connectivity index (χ1v) is 25.4. The monoisotopic (exact) mass is 1050 g/mol. The van der Waals surface area contributed by atoms with E-state index >= 15 is 0 Å². The lowest BCUT2D eigenvalue weighted by Crippen LogP contribution is -2.45. The van der Waals surface area contributed by atoms with E-state index in [4.69, 9.17) is 23.8 Å². The number of aryl methyl sites for hydroxylation is 1. The number of hydroxylamine groups is 2. The maximum absolute atomic E-state index is 13.2. The van der Waals surface area contributed by atoms with Crippen molar-refractivity contribution in [1.82, 2.24) is 15.7 Å². The van der Waals surface area contributed by atoms with E-state index in [2.05, 4.69) is 22.8 Å². The van der Waals surface area contributed by atoms with Gasteiger partial charge in [0.05, 0.1) is 17.5 Å². The molecular formula is C61H60FN3O12. The number of hydrogen-bond donors (Lipinski definition) is 2. The van der Waals surface area contributed by atoms with Crippen LogP contribution in [0.3, 0.4) is 0 Å². The number of fused-ring (bicyclic) bond motifs is 7. The molecule has 0 unspecified atom stereocenters. The number of esters is 2. The maximum Gasteiger partial charge on any atom is 0.407 e. The number of imide groups is 1. The fourth-order valence-electron chi connectivity index (χ4n) is 9.43. The van der Waals surface area contributed by atoms with E-state index < -0.39 is 71.6 Å². The molecule has 16 heteroatoms. The number of alkyl carbamates (subject to hydrolysis) is 2. The molecule has 1 aliphatic heterocycles. The summed E-state index contributed by atoms with van der Waals surface area (Å²) in [6, 6.07) is 42.0. The number of carbonyl (C=O) groups excluding carboxylic acids is 7. The van der Waals surface area contributed by atoms with Gasteiger partial charge in [-0.15, -0.1) is 0 Å². The highest BCUT2D eigenvalue weighted by molar-refractivity contribution is 6.20. The predicted octanol–water partition coefficient (Wildman–Crippen LogP) is 10.8. The molecule has 1 heterocycles. The van der Waals surface area contributed by atoms with Crippen LogP contribution in [0.25, 0.3) is 22.3 Å². The van der Waals surface area contributed by atoms with Crippen molar-refractivity contribution in [2.45, 2.75) is 102 Å². The summed E-state index contributed by atoms with van der Waals surface area (Å²) < 4.78 is 35.3. The molecule has 6 aromatic rings. The van der Waals surface area contributed by atoms with E-state index in [0.29, 0.717) is 17.9 Å². The number of nitrogens with zero attached hydrogens (tertiary/aromatic N) is 1. The summed E-state index contributed by atoms with van der Waals surface area (Å²) >= 11 is 0. The predicted molar refractivity (Wildman–Crippen MR) is 283 cm³/mol. The minimum absolute atomic E-state index is 0.0304. The number of benzene rings is 6. The van der Waals surface area contributed by atoms with Crippen LogP contribution < -0.4 is 10.6 Å². The summed E-state index contributed by atoms with van der Waals surface area (Å²) in [5.74, 6) is -4.35. The standard InChI is InChI=1S/C32H30N2O8.C29H30FNO4/c1-32(2,3)41-30(38)26(16-17-27(35)42-34-28(36)23-14-8-9-15-24(23)29(34)37)33-31(39)40-18-25-21-12-6-4-10-19(21)20-11-5-7-13-22(20)25;1-29(2,3)35-27(32)26(17-14-19-12-15-20(30)16-13-19)31-28(33)34-18-25-23-10-6-4-8-21(23)22-9-5-7-11-24(22)25/h4-15,25-26H,16-18H2,1-3H3,(H,33,39);4-13,15-16,25-26H,14,17-18H2,1-3H3,(H,31,33)/t2*26-/m00/s1. The number of halogens is 1. The molecule has 0 spiro atoms. The van der Waals surface area contributed by atoms with Crippen molar-refractivity contribution < 1.29 is 61.7 Å². The number of rotatable bonds is 15. The second-order valence-corrected chi connectivity index (χ2v) is 20.7. The van der Waals surface area contributed by atoms with Crippen LogP contribution in [0.5, 0.6) is 0 Å². The zero-order valence-corrected chi connectivity index (χ0v) is 43.6. The highest BCUT2D eigenvalue weighted by Gasteiger charge is 2.39. The Hall–Kier alpha value is -8.66. The molecule has 9 rings (SSSR count). The van der Waals surface area contributed by atoms with E-state index in [-0.39, 0.29) is 48.4 Å². The molecule has 0 saturated heterocycles. The number of ether oxygens (including phenoxy) is 4. The largest absolute Gasteiger partial charge is 0.458 e. The van der Waals surface area contributed by atoms with Crippen LogP contribution in [0.4, 0.5) is 14.0 Å². The van der Waals surface area contributed by atoms with Gasteiger partial charge in [-0.2, -0.15) is 0 Å². The number of nitrogens with one attached hydrogen (secondary N) is 2. The Kier molecular flexibility index (Phi) is 16.7. The van der Waals surface area contributed by atoms with Gasteiger partial charge in [0.15, 0.2) is 0 Å². The summed E-state index contributed by atoms with van der Waals surface area (Å²) in [5.41, 5.74) is 8.27. The zero-order valence-electron chi connectivity index (χ0n) is 43.6. The van der Waals surface area contributed by atoms with E-state index in [1.165, 1.54) is 24.3 Å². The smallest absolute Gasteiger partial charge is 0.407 e. The van der Waals surface area contributed by atoms with Gasteiger partial charge < -0.3 is 34.4 Å². The van der Waals surface area contributed by atoms with Gasteiger partial charge in [-0.05, 0) is 135 Å². The first-order chi connectivity index (χ1) is 36.7. The van der Waals surface area contributed by atoms with Crippen LogP contribution in [0.1, 0.15) is 121 Å². The third-order valence-corrected chi connectivity index (χ3v) is 12.9. The molecule has 3 aliphatic rings. The molecule has 4 amide bonds. The Balaban J connectivity index is 0.000000207. The summed E-state index contributed by atoms with van der Waals surface area (Å²) in [6.45, 7) is 10.5. The lowest BCUT2D eigenvalue weighted by molar-refractivity contribution is -0.169. The minimum atomic E-state index is -1.25. The quantitative estimate of drug-likeness (QED) is 0.0562. The number of hydrogen-bond acceptors (Lipinski definition) is 12. The van der Waals surface area contributed by atoms with Crippen molar-refractivity contribution in [2.75, 3.05) is 13.2 Å². The molecule has 6 aromatic carbocycles. The zero-order chi connectivity index (χ0) is 55.0. The molecule has 398 valence electrons. The summed E-state index contributed by atoms with van der Waals surface area (Å²) in [5, 5.41) is 5.58. The maximum atomic E-state index is 13.2. The summed E-state index contributed by atoms with van der Waals surface area (Å²) in [7, 11) is 0. The van der Waals surface area contributed by atoms with Crippen molar-refractivity contribution in [3.8, 4) is 22.3 Å². The molecule has 2 aliphatic carbocycles. The molecule has 2 atom stereocenters. The van der Waals surface area contributed by atoms with Gasteiger partial charge in [0.1, 0.15) is 42.3 Å². The van der Waals surface area contributed by atoms with Gasteiger partial charge in [0.25, 0.3) is 11.8 Å². The molecule has 0 saturated carbocycles. The molecule has 0 aromatic heterocycles. The normalized spacial score (nSPS) is 14.0. The molecular weight excluding hydrogens is 986 g/mol. The summed E-state index contributed by atoms with van der Waals surface area (Å²) in [4.78, 5) is 94.0. The Morgan fingerprint density at radius 2 is 0.857 bits per heavy atom. The fraction of sp³-hybridized carbons (Fsp3) is 0.295. The average molecular weight is 1050 g/mol. The Labute approximate surface area is 446 Å². The van der Waals surface area contributed by atoms with Gasteiger partial charge in [0.2, 0.25) is 0 Å². The number of amides is 4. The van der Waals surface area contributed by atoms with Gasteiger partial charge in [-0.1, -0.05) is 126 Å². The van der Waals surface area contributed by atoms with Crippen LogP contribution in [0.15, 0.2) is 146 Å². The minimum Gasteiger partial charge on any atom is -0.458 e. The van der Waals surface area contributed by atoms with Crippen LogP contribution in [0, 0.1) is 5.82 Å². The molecule has 15 nitrogen and oxygen atoms in total. The first-order valence-electron chi connectivity index (χ1n) is 25.4. The highest BCUT2D eigenvalue weighted by atomic mass is 19.1. The van der Waals surface area contributed by atoms with Gasteiger partial charge in [-0.3, -0.25) is 9.59 Å². The SMILES string of the molecule is CC(C)(C)OC(=O)[C@H](CCC(=O)ON1C(=O)c2ccccc2C1=O)NC(=O)OCC1c2ccccc2-c2ccccc21.CC(C)(C)OC(=O)[C@H](CCc1ccc(F)cc1)NC(=O)OCC1c2ccccc2-c2ccccc21. The van der Waals surface area contributed by atoms with Crippen LogP contribution in [0.2, 0.25) is 0 Å². The van der Waals surface area contributed by atoms with Gasteiger partial charge in [0, 0.05) is 11.8 Å². The average Bonchev–Trinajstić information content (AvgIpc) is 4.01. The van der Waals surface area contributed by atoms with Crippen LogP contribution >= 0.6 is 0 Å². The van der Waals surface area contributed by atoms with Crippen LogP contribution in [-0.4, -0.2) is 83.5 Å². The summed E-state index contributed by atoms with van der Waals surface area (Å²) in [6.07, 6.45) is -1.40. The lowest BCUT2D eigenvalue weighted by Gasteiger charge is -2.24. The van der Waals surface area contributed by atoms with E-state index in [1.807, 2.05) is 84.9 Å². The second kappa shape index (κ2) is 23.5. The molecule has 0 bridgehead atoms. The molecule has 0 fully saturated rings. The molecule has 2 N–H and O–H groups in total. The third-order valence-electron chi connectivity index (χ3n) is 12.9. The second-order valence-electron chi connectivity index (χ2n) is 20.7. The Morgan fingerprint density at radius 1 is 0.506 bits per heavy atom. The van der Waals surface area contributed by atoms with Crippen LogP contribution in [-0.2, 0) is 44.6 Å². The van der Waals surface area contributed by atoms with E-state index in [1.54, 1.807) is 65.8 Å². The van der Waals surface area contributed by atoms with Crippen molar-refractivity contribution in [2.24, 2.45) is 0 Å². The Morgan fingerprint density at radius 3 is 1.23 bits per heavy atom. The first kappa shape index (κ1) is 54.6. The van der Waals surface area contributed by atoms with Crippen molar-refractivity contribution in [1.29, 1.82) is 0 Å². The van der Waals surface area contributed by atoms with Gasteiger partial charge in [-0.25, -0.2) is 28.4 Å². The van der Waals surface area contributed by atoms with Gasteiger partial charge >= 0.3 is 30.1 Å². The Bertz CT molecular complexity index is 3070. The fourth-order valence-corrected chi connectivity index (χ4v) is 9.43. The van der Waals surface area contributed by atoms with Crippen molar-refractivity contribution in [3.05, 3.63) is 190 Å².